The van der Waals surface area contributed by atoms with Gasteiger partial charge < -0.3 is 14.8 Å². The van der Waals surface area contributed by atoms with Crippen LogP contribution in [0.15, 0.2) is 30.5 Å². The lowest BCUT2D eigenvalue weighted by Gasteiger charge is -2.26. The predicted octanol–water partition coefficient (Wildman–Crippen LogP) is 1.83. The first kappa shape index (κ1) is 19.8. The molecule has 1 aliphatic rings. The van der Waals surface area contributed by atoms with E-state index < -0.39 is 11.0 Å². The second-order valence-corrected chi connectivity index (χ2v) is 6.51. The minimum Gasteiger partial charge on any atom is -0.475 e. The van der Waals surface area contributed by atoms with Crippen LogP contribution in [0.4, 0.5) is 11.4 Å². The van der Waals surface area contributed by atoms with E-state index in [0.29, 0.717) is 5.69 Å². The lowest BCUT2D eigenvalue weighted by Crippen LogP contribution is -2.35. The maximum atomic E-state index is 12.6. The molecule has 10 heteroatoms. The SMILES string of the molecule is COc1nn(C(C)C(=O)Nc2cccc(CN3CCOCC3)c2)cc1[N+](=O)[O-]. The highest BCUT2D eigenvalue weighted by atomic mass is 16.6. The molecule has 0 spiro atoms. The van der Waals surface area contributed by atoms with Gasteiger partial charge >= 0.3 is 11.6 Å². The van der Waals surface area contributed by atoms with E-state index in [1.165, 1.54) is 18.0 Å². The van der Waals surface area contributed by atoms with E-state index in [1.807, 2.05) is 18.2 Å². The fourth-order valence-corrected chi connectivity index (χ4v) is 2.97. The highest BCUT2D eigenvalue weighted by molar-refractivity contribution is 5.93. The van der Waals surface area contributed by atoms with Crippen LogP contribution in [-0.2, 0) is 16.1 Å². The molecule has 0 saturated carbocycles. The summed E-state index contributed by atoms with van der Waals surface area (Å²) in [5, 5.41) is 17.9. The average molecular weight is 389 g/mol. The Hall–Kier alpha value is -2.98. The van der Waals surface area contributed by atoms with Gasteiger partial charge in [0.25, 0.3) is 0 Å². The van der Waals surface area contributed by atoms with Crippen LogP contribution in [0.1, 0.15) is 18.5 Å². The molecule has 1 unspecified atom stereocenters. The first-order chi connectivity index (χ1) is 13.5. The number of aromatic nitrogens is 2. The lowest BCUT2D eigenvalue weighted by atomic mass is 10.1. The zero-order chi connectivity index (χ0) is 20.1. The Labute approximate surface area is 162 Å². The van der Waals surface area contributed by atoms with Gasteiger partial charge in [0.2, 0.25) is 5.91 Å². The number of methoxy groups -OCH3 is 1. The van der Waals surface area contributed by atoms with Gasteiger partial charge in [-0.1, -0.05) is 12.1 Å². The van der Waals surface area contributed by atoms with Gasteiger partial charge in [0.1, 0.15) is 12.2 Å². The number of ether oxygens (including phenoxy) is 2. The molecule has 1 N–H and O–H groups in total. The number of benzene rings is 1. The van der Waals surface area contributed by atoms with Gasteiger partial charge in [-0.3, -0.25) is 19.8 Å². The summed E-state index contributed by atoms with van der Waals surface area (Å²) in [6.45, 7) is 5.62. The van der Waals surface area contributed by atoms with Gasteiger partial charge in [-0.15, -0.1) is 5.10 Å². The molecule has 28 heavy (non-hydrogen) atoms. The molecule has 150 valence electrons. The largest absolute Gasteiger partial charge is 0.475 e. The van der Waals surface area contributed by atoms with E-state index in [1.54, 1.807) is 13.0 Å². The number of nitrogens with zero attached hydrogens (tertiary/aromatic N) is 4. The number of amides is 1. The molecule has 1 amide bonds. The normalized spacial score (nSPS) is 15.8. The number of anilines is 1. The molecule has 0 bridgehead atoms. The van der Waals surface area contributed by atoms with Crippen LogP contribution in [0.2, 0.25) is 0 Å². The second kappa shape index (κ2) is 8.81. The van der Waals surface area contributed by atoms with Gasteiger partial charge in [0, 0.05) is 25.3 Å². The zero-order valence-electron chi connectivity index (χ0n) is 15.8. The molecule has 1 aliphatic heterocycles. The standard InChI is InChI=1S/C18H23N5O5/c1-13(22-12-16(23(25)26)18(20-22)27-2)17(24)19-15-5-3-4-14(10-15)11-21-6-8-28-9-7-21/h3-5,10,12-13H,6-9,11H2,1-2H3,(H,19,24). The summed E-state index contributed by atoms with van der Waals surface area (Å²) in [6, 6.07) is 6.88. The minimum absolute atomic E-state index is 0.128. The fraction of sp³-hybridized carbons (Fsp3) is 0.444. The first-order valence-electron chi connectivity index (χ1n) is 8.95. The van der Waals surface area contributed by atoms with Crippen molar-refractivity contribution in [3.63, 3.8) is 0 Å². The van der Waals surface area contributed by atoms with Gasteiger partial charge in [0.15, 0.2) is 0 Å². The molecule has 1 aromatic heterocycles. The van der Waals surface area contributed by atoms with Crippen LogP contribution in [0.5, 0.6) is 5.88 Å². The van der Waals surface area contributed by atoms with Gasteiger partial charge in [0.05, 0.1) is 25.2 Å². The molecule has 1 saturated heterocycles. The molecule has 3 rings (SSSR count). The van der Waals surface area contributed by atoms with E-state index in [0.717, 1.165) is 38.4 Å². The van der Waals surface area contributed by atoms with Gasteiger partial charge in [-0.2, -0.15) is 0 Å². The minimum atomic E-state index is -0.745. The Morgan fingerprint density at radius 2 is 2.18 bits per heavy atom. The number of rotatable bonds is 7. The zero-order valence-corrected chi connectivity index (χ0v) is 15.8. The predicted molar refractivity (Wildman–Crippen MR) is 101 cm³/mol. The van der Waals surface area contributed by atoms with Crippen molar-refractivity contribution in [1.82, 2.24) is 14.7 Å². The third kappa shape index (κ3) is 4.65. The summed E-state index contributed by atoms with van der Waals surface area (Å²) in [5.74, 6) is -0.458. The van der Waals surface area contributed by atoms with Crippen LogP contribution in [0.3, 0.4) is 0 Å². The van der Waals surface area contributed by atoms with Crippen LogP contribution >= 0.6 is 0 Å². The van der Waals surface area contributed by atoms with E-state index in [2.05, 4.69) is 15.3 Å². The van der Waals surface area contributed by atoms with Crippen LogP contribution in [-0.4, -0.2) is 58.9 Å². The van der Waals surface area contributed by atoms with Crippen molar-refractivity contribution in [3.8, 4) is 5.88 Å². The van der Waals surface area contributed by atoms with Gasteiger partial charge in [-0.25, -0.2) is 4.68 Å². The Morgan fingerprint density at radius 3 is 2.82 bits per heavy atom. The summed E-state index contributed by atoms with van der Waals surface area (Å²) in [4.78, 5) is 25.3. The number of nitro groups is 1. The maximum Gasteiger partial charge on any atom is 0.350 e. The highest BCUT2D eigenvalue weighted by Gasteiger charge is 2.25. The summed E-state index contributed by atoms with van der Waals surface area (Å²) in [6.07, 6.45) is 1.19. The first-order valence-corrected chi connectivity index (χ1v) is 8.95. The number of nitrogens with one attached hydrogen (secondary N) is 1. The van der Waals surface area contributed by atoms with Crippen molar-refractivity contribution in [3.05, 3.63) is 46.1 Å². The Bertz CT molecular complexity index is 847. The van der Waals surface area contributed by atoms with Crippen molar-refractivity contribution < 1.29 is 19.2 Å². The molecule has 1 aromatic carbocycles. The van der Waals surface area contributed by atoms with Crippen molar-refractivity contribution >= 4 is 17.3 Å². The van der Waals surface area contributed by atoms with Crippen molar-refractivity contribution in [2.24, 2.45) is 0 Å². The molecule has 1 fully saturated rings. The van der Waals surface area contributed by atoms with E-state index >= 15 is 0 Å². The van der Waals surface area contributed by atoms with E-state index in [4.69, 9.17) is 9.47 Å². The van der Waals surface area contributed by atoms with Crippen molar-refractivity contribution in [2.75, 3.05) is 38.7 Å². The van der Waals surface area contributed by atoms with Gasteiger partial charge in [-0.05, 0) is 24.6 Å². The number of hydrogen-bond acceptors (Lipinski definition) is 7. The van der Waals surface area contributed by atoms with Crippen molar-refractivity contribution in [1.29, 1.82) is 0 Å². The summed E-state index contributed by atoms with van der Waals surface area (Å²) in [5.41, 5.74) is 1.47. The molecular formula is C18H23N5O5. The van der Waals surface area contributed by atoms with Crippen LogP contribution in [0, 0.1) is 10.1 Å². The third-order valence-electron chi connectivity index (χ3n) is 4.55. The quantitative estimate of drug-likeness (QED) is 0.568. The topological polar surface area (TPSA) is 112 Å². The Morgan fingerprint density at radius 1 is 1.43 bits per heavy atom. The fourth-order valence-electron chi connectivity index (χ4n) is 2.97. The van der Waals surface area contributed by atoms with Crippen LogP contribution in [0.25, 0.3) is 0 Å². The van der Waals surface area contributed by atoms with E-state index in [9.17, 15) is 14.9 Å². The Balaban J connectivity index is 1.67. The molecular weight excluding hydrogens is 366 g/mol. The number of hydrogen-bond donors (Lipinski definition) is 1. The Kier molecular flexibility index (Phi) is 6.22. The van der Waals surface area contributed by atoms with Crippen molar-refractivity contribution in [2.45, 2.75) is 19.5 Å². The maximum absolute atomic E-state index is 12.6. The molecule has 0 radical (unpaired) electrons. The summed E-state index contributed by atoms with van der Waals surface area (Å²) in [7, 11) is 1.30. The van der Waals surface area contributed by atoms with E-state index in [-0.39, 0.29) is 17.5 Å². The highest BCUT2D eigenvalue weighted by Crippen LogP contribution is 2.26. The number of morpholine rings is 1. The lowest BCUT2D eigenvalue weighted by molar-refractivity contribution is -0.385. The molecule has 2 heterocycles. The molecule has 2 aromatic rings. The molecule has 0 aliphatic carbocycles. The monoisotopic (exact) mass is 389 g/mol. The second-order valence-electron chi connectivity index (χ2n) is 6.51. The summed E-state index contributed by atoms with van der Waals surface area (Å²) < 4.78 is 11.5. The summed E-state index contributed by atoms with van der Waals surface area (Å²) >= 11 is 0. The number of carbonyl (C=O) groups excluding carboxylic acids is 1. The molecule has 10 nitrogen and oxygen atoms in total. The number of carbonyl (C=O) groups is 1. The average Bonchev–Trinajstić information content (AvgIpc) is 3.13. The smallest absolute Gasteiger partial charge is 0.350 e. The third-order valence-corrected chi connectivity index (χ3v) is 4.55. The molecule has 1 atom stereocenters. The van der Waals surface area contributed by atoms with Crippen LogP contribution < -0.4 is 10.1 Å².